The van der Waals surface area contributed by atoms with Crippen molar-refractivity contribution < 1.29 is 23.7 Å². The molecule has 0 radical (unpaired) electrons. The van der Waals surface area contributed by atoms with Crippen molar-refractivity contribution in [2.45, 2.75) is 13.5 Å². The molecule has 0 bridgehead atoms. The van der Waals surface area contributed by atoms with E-state index >= 15 is 0 Å². The molecule has 0 amide bonds. The molecule has 3 N–H and O–H groups in total. The lowest BCUT2D eigenvalue weighted by atomic mass is 10.1. The van der Waals surface area contributed by atoms with Crippen LogP contribution in [0.2, 0.25) is 5.02 Å². The molecule has 2 aromatic carbocycles. The first-order valence-corrected chi connectivity index (χ1v) is 9.88. The lowest BCUT2D eigenvalue weighted by Crippen LogP contribution is -2.12. The number of nitrogens with two attached hydrogens (primary N) is 1. The van der Waals surface area contributed by atoms with E-state index in [2.05, 4.69) is 9.97 Å². The third kappa shape index (κ3) is 4.08. The molecule has 0 saturated carbocycles. The molecular weight excluding hydrogens is 422 g/mol. The van der Waals surface area contributed by atoms with Gasteiger partial charge in [0.05, 0.1) is 46.4 Å². The molecule has 160 valence electrons. The Balaban J connectivity index is 1.90. The maximum Gasteiger partial charge on any atom is 0.515 e. The van der Waals surface area contributed by atoms with E-state index in [1.165, 1.54) is 0 Å². The number of benzene rings is 2. The lowest BCUT2D eigenvalue weighted by Gasteiger charge is -2.12. The predicted molar refractivity (Wildman–Crippen MR) is 118 cm³/mol. The molecule has 0 unspecified atom stereocenters. The molecule has 0 aliphatic heterocycles. The molecule has 4 aromatic rings. The van der Waals surface area contributed by atoms with E-state index in [9.17, 15) is 4.79 Å². The highest BCUT2D eigenvalue weighted by molar-refractivity contribution is 6.32. The number of nitrogens with zero attached hydrogens (tertiary/aromatic N) is 1. The van der Waals surface area contributed by atoms with Crippen LogP contribution >= 0.6 is 11.6 Å². The van der Waals surface area contributed by atoms with Crippen LogP contribution in [0, 0.1) is 0 Å². The number of hydrogen-bond acceptors (Lipinski definition) is 7. The largest absolute Gasteiger partial charge is 0.515 e. The number of anilines is 1. The van der Waals surface area contributed by atoms with Gasteiger partial charge in [0.15, 0.2) is 0 Å². The van der Waals surface area contributed by atoms with E-state index in [0.29, 0.717) is 27.8 Å². The number of carbonyl (C=O) groups excluding carboxylic acids is 1. The maximum atomic E-state index is 11.9. The zero-order chi connectivity index (χ0) is 22.0. The highest BCUT2D eigenvalue weighted by atomic mass is 35.5. The van der Waals surface area contributed by atoms with E-state index in [0.717, 1.165) is 21.8 Å². The van der Waals surface area contributed by atoms with Crippen molar-refractivity contribution in [2.75, 3.05) is 19.5 Å². The summed E-state index contributed by atoms with van der Waals surface area (Å²) in [5.41, 5.74) is 8.45. The molecule has 8 nitrogen and oxygen atoms in total. The quantitative estimate of drug-likeness (QED) is 0.303. The van der Waals surface area contributed by atoms with Crippen LogP contribution in [0.25, 0.3) is 21.8 Å². The topological polar surface area (TPSA) is 109 Å². The zero-order valence-corrected chi connectivity index (χ0v) is 17.7. The second-order valence-electron chi connectivity index (χ2n) is 6.64. The molecule has 9 heteroatoms. The molecular formula is C22H20ClN3O5. The number of hydrogen-bond donors (Lipinski definition) is 2. The van der Waals surface area contributed by atoms with Crippen molar-refractivity contribution >= 4 is 45.2 Å². The minimum absolute atomic E-state index is 0.106. The van der Waals surface area contributed by atoms with Gasteiger partial charge in [-0.15, -0.1) is 0 Å². The molecule has 0 fully saturated rings. The predicted octanol–water partition coefficient (Wildman–Crippen LogP) is 5.43. The normalized spacial score (nSPS) is 11.1. The minimum atomic E-state index is -0.836. The van der Waals surface area contributed by atoms with Crippen molar-refractivity contribution in [3.8, 4) is 17.4 Å². The number of aromatic amines is 1. The molecule has 0 aliphatic rings. The first kappa shape index (κ1) is 20.8. The summed E-state index contributed by atoms with van der Waals surface area (Å²) in [5, 5.41) is 1.92. The van der Waals surface area contributed by atoms with E-state index in [1.807, 2.05) is 18.2 Å². The Labute approximate surface area is 182 Å². The Bertz CT molecular complexity index is 1270. The van der Waals surface area contributed by atoms with Crippen LogP contribution in [0.5, 0.6) is 17.4 Å². The van der Waals surface area contributed by atoms with E-state index in [-0.39, 0.29) is 19.1 Å². The Morgan fingerprint density at radius 2 is 2.00 bits per heavy atom. The van der Waals surface area contributed by atoms with Crippen molar-refractivity contribution in [1.29, 1.82) is 0 Å². The lowest BCUT2D eigenvalue weighted by molar-refractivity contribution is 0.101. The van der Waals surface area contributed by atoms with Gasteiger partial charge in [-0.3, -0.25) is 0 Å². The van der Waals surface area contributed by atoms with Crippen LogP contribution in [0.3, 0.4) is 0 Å². The maximum absolute atomic E-state index is 11.9. The Hall–Kier alpha value is -3.49. The van der Waals surface area contributed by atoms with Gasteiger partial charge in [0, 0.05) is 18.2 Å². The van der Waals surface area contributed by atoms with Gasteiger partial charge in [0.25, 0.3) is 0 Å². The zero-order valence-electron chi connectivity index (χ0n) is 16.9. The van der Waals surface area contributed by atoms with Crippen LogP contribution in [0.15, 0.2) is 42.6 Å². The summed E-state index contributed by atoms with van der Waals surface area (Å²) in [6.45, 7) is 2.04. The summed E-state index contributed by atoms with van der Waals surface area (Å²) >= 11 is 6.30. The minimum Gasteiger partial charge on any atom is -0.455 e. The van der Waals surface area contributed by atoms with Crippen LogP contribution in [-0.2, 0) is 16.1 Å². The fourth-order valence-electron chi connectivity index (χ4n) is 3.35. The number of pyridine rings is 1. The Morgan fingerprint density at radius 1 is 1.16 bits per heavy atom. The second-order valence-corrected chi connectivity index (χ2v) is 7.05. The number of ether oxygens (including phenoxy) is 4. The van der Waals surface area contributed by atoms with Gasteiger partial charge >= 0.3 is 6.16 Å². The average Bonchev–Trinajstić information content (AvgIpc) is 3.12. The van der Waals surface area contributed by atoms with Crippen LogP contribution < -0.4 is 15.2 Å². The first-order chi connectivity index (χ1) is 15.0. The van der Waals surface area contributed by atoms with Crippen molar-refractivity contribution in [1.82, 2.24) is 9.97 Å². The number of aromatic nitrogens is 2. The number of rotatable bonds is 6. The van der Waals surface area contributed by atoms with E-state index in [1.54, 1.807) is 38.4 Å². The molecule has 2 heterocycles. The summed E-state index contributed by atoms with van der Waals surface area (Å²) in [5.74, 6) is 1.12. The van der Waals surface area contributed by atoms with Crippen LogP contribution in [0.1, 0.15) is 12.5 Å². The molecule has 0 atom stereocenters. The summed E-state index contributed by atoms with van der Waals surface area (Å²) in [4.78, 5) is 19.5. The number of methoxy groups -OCH3 is 1. The van der Waals surface area contributed by atoms with Crippen molar-refractivity contribution in [3.63, 3.8) is 0 Å². The van der Waals surface area contributed by atoms with Crippen LogP contribution in [0.4, 0.5) is 10.5 Å². The third-order valence-corrected chi connectivity index (χ3v) is 4.89. The van der Waals surface area contributed by atoms with Gasteiger partial charge in [0.2, 0.25) is 5.88 Å². The number of fused-ring (bicyclic) bond motifs is 3. The van der Waals surface area contributed by atoms with Crippen molar-refractivity contribution in [3.05, 3.63) is 53.2 Å². The molecule has 4 rings (SSSR count). The Kier molecular flexibility index (Phi) is 5.83. The molecule has 0 spiro atoms. The van der Waals surface area contributed by atoms with Gasteiger partial charge in [-0.2, -0.15) is 0 Å². The standard InChI is InChI=1S/C22H20ClN3O5/c1-3-29-22(27)31-21-13(11-28-2)19-16(10-25-21)26-15-5-4-6-18(20(15)19)30-17-8-7-12(24)9-14(17)23/h4-10,26H,3,11,24H2,1-2H3. The number of nitrogen functional groups attached to an aromatic ring is 1. The second kappa shape index (κ2) is 8.71. The van der Waals surface area contributed by atoms with Gasteiger partial charge in [-0.25, -0.2) is 9.78 Å². The fraction of sp³-hybridized carbons (Fsp3) is 0.182. The summed E-state index contributed by atoms with van der Waals surface area (Å²) in [6.07, 6.45) is 0.750. The number of nitrogens with one attached hydrogen (secondary N) is 1. The van der Waals surface area contributed by atoms with Gasteiger partial charge in [-0.05, 0) is 37.3 Å². The summed E-state index contributed by atoms with van der Waals surface area (Å²) in [7, 11) is 1.55. The average molecular weight is 442 g/mol. The highest BCUT2D eigenvalue weighted by Gasteiger charge is 2.21. The molecule has 31 heavy (non-hydrogen) atoms. The Morgan fingerprint density at radius 3 is 2.74 bits per heavy atom. The molecule has 0 aliphatic carbocycles. The fourth-order valence-corrected chi connectivity index (χ4v) is 3.58. The SMILES string of the molecule is CCOC(=O)Oc1ncc2[nH]c3cccc(Oc4ccc(N)cc4Cl)c3c2c1COC. The first-order valence-electron chi connectivity index (χ1n) is 9.50. The number of carbonyl (C=O) groups is 1. The summed E-state index contributed by atoms with van der Waals surface area (Å²) in [6, 6.07) is 10.6. The smallest absolute Gasteiger partial charge is 0.455 e. The highest BCUT2D eigenvalue weighted by Crippen LogP contribution is 2.41. The monoisotopic (exact) mass is 441 g/mol. The number of halogens is 1. The van der Waals surface area contributed by atoms with E-state index in [4.69, 9.17) is 36.3 Å². The molecule has 0 saturated heterocycles. The number of H-pyrrole nitrogens is 1. The molecule has 2 aromatic heterocycles. The third-order valence-electron chi connectivity index (χ3n) is 4.59. The van der Waals surface area contributed by atoms with E-state index < -0.39 is 6.16 Å². The van der Waals surface area contributed by atoms with Gasteiger partial charge < -0.3 is 29.7 Å². The van der Waals surface area contributed by atoms with Gasteiger partial charge in [0.1, 0.15) is 11.5 Å². The van der Waals surface area contributed by atoms with Gasteiger partial charge in [-0.1, -0.05) is 17.7 Å². The van der Waals surface area contributed by atoms with Crippen molar-refractivity contribution in [2.24, 2.45) is 0 Å². The summed E-state index contributed by atoms with van der Waals surface area (Å²) < 4.78 is 21.7. The van der Waals surface area contributed by atoms with Crippen LogP contribution in [-0.4, -0.2) is 29.8 Å².